The molecule has 0 fully saturated rings. The van der Waals surface area contributed by atoms with Crippen molar-refractivity contribution in [3.8, 4) is 5.75 Å². The maximum atomic E-state index is 12.6. The number of carbonyl (C=O) groups is 2. The molecule has 0 unspecified atom stereocenters. The SMILES string of the molecule is COc1ccc2c(ccc3c(C(=O)N[C@@H](CCCCN)C(=O)O)noc32)c1.Cl. The Morgan fingerprint density at radius 2 is 2.00 bits per heavy atom. The van der Waals surface area contributed by atoms with Gasteiger partial charge in [0.2, 0.25) is 0 Å². The van der Waals surface area contributed by atoms with Gasteiger partial charge in [-0.25, -0.2) is 4.79 Å². The molecule has 3 rings (SSSR count). The van der Waals surface area contributed by atoms with Crippen molar-refractivity contribution in [1.82, 2.24) is 10.5 Å². The first kappa shape index (κ1) is 21.5. The number of hydrogen-bond donors (Lipinski definition) is 3. The molecule has 9 heteroatoms. The molecule has 0 aliphatic heterocycles. The van der Waals surface area contributed by atoms with E-state index in [4.69, 9.17) is 15.0 Å². The minimum absolute atomic E-state index is 0. The summed E-state index contributed by atoms with van der Waals surface area (Å²) < 4.78 is 10.6. The highest BCUT2D eigenvalue weighted by molar-refractivity contribution is 6.12. The number of aliphatic carboxylic acids is 1. The molecule has 0 spiro atoms. The molecule has 4 N–H and O–H groups in total. The molecule has 1 amide bonds. The third kappa shape index (κ3) is 4.35. The van der Waals surface area contributed by atoms with Crippen molar-refractivity contribution in [2.24, 2.45) is 5.73 Å². The van der Waals surface area contributed by atoms with Gasteiger partial charge in [0.25, 0.3) is 5.91 Å². The van der Waals surface area contributed by atoms with Gasteiger partial charge in [-0.15, -0.1) is 12.4 Å². The number of fused-ring (bicyclic) bond motifs is 3. The molecule has 0 aliphatic carbocycles. The van der Waals surface area contributed by atoms with Crippen LogP contribution < -0.4 is 15.8 Å². The lowest BCUT2D eigenvalue weighted by molar-refractivity contribution is -0.139. The number of aromatic nitrogens is 1. The molecule has 3 aromatic rings. The van der Waals surface area contributed by atoms with Gasteiger partial charge in [0.15, 0.2) is 11.3 Å². The van der Waals surface area contributed by atoms with Crippen molar-refractivity contribution in [2.75, 3.05) is 13.7 Å². The average molecular weight is 408 g/mol. The van der Waals surface area contributed by atoms with E-state index in [2.05, 4.69) is 10.5 Å². The third-order valence-corrected chi connectivity index (χ3v) is 4.43. The van der Waals surface area contributed by atoms with E-state index in [0.717, 1.165) is 10.8 Å². The lowest BCUT2D eigenvalue weighted by Crippen LogP contribution is -2.41. The van der Waals surface area contributed by atoms with Gasteiger partial charge >= 0.3 is 5.97 Å². The second-order valence-corrected chi connectivity index (χ2v) is 6.21. The number of halogens is 1. The fraction of sp³-hybridized carbons (Fsp3) is 0.316. The lowest BCUT2D eigenvalue weighted by atomic mass is 10.1. The quantitative estimate of drug-likeness (QED) is 0.490. The Labute approximate surface area is 167 Å². The molecule has 8 nitrogen and oxygen atoms in total. The molecule has 2 aromatic carbocycles. The van der Waals surface area contributed by atoms with Crippen LogP contribution in [0.5, 0.6) is 5.75 Å². The molecular weight excluding hydrogens is 386 g/mol. The van der Waals surface area contributed by atoms with Crippen LogP contribution in [0.25, 0.3) is 21.7 Å². The first-order valence-corrected chi connectivity index (χ1v) is 8.65. The Kier molecular flexibility index (Phi) is 7.19. The van der Waals surface area contributed by atoms with Gasteiger partial charge < -0.3 is 25.4 Å². The van der Waals surface area contributed by atoms with Gasteiger partial charge in [0.05, 0.1) is 12.5 Å². The van der Waals surface area contributed by atoms with Crippen LogP contribution in [0.3, 0.4) is 0 Å². The molecule has 0 saturated heterocycles. The van der Waals surface area contributed by atoms with E-state index in [0.29, 0.717) is 42.5 Å². The Morgan fingerprint density at radius 3 is 2.68 bits per heavy atom. The molecule has 1 heterocycles. The van der Waals surface area contributed by atoms with Crippen LogP contribution in [0.1, 0.15) is 29.8 Å². The number of methoxy groups -OCH3 is 1. The first-order valence-electron chi connectivity index (χ1n) is 8.65. The van der Waals surface area contributed by atoms with E-state index in [1.807, 2.05) is 18.2 Å². The van der Waals surface area contributed by atoms with E-state index in [1.165, 1.54) is 0 Å². The van der Waals surface area contributed by atoms with Gasteiger partial charge in [-0.05, 0) is 55.5 Å². The Bertz CT molecular complexity index is 988. The molecular formula is C19H22ClN3O5. The van der Waals surface area contributed by atoms with Gasteiger partial charge in [0, 0.05) is 5.39 Å². The van der Waals surface area contributed by atoms with Crippen molar-refractivity contribution in [3.05, 3.63) is 36.0 Å². The molecule has 0 radical (unpaired) electrons. The van der Waals surface area contributed by atoms with Crippen molar-refractivity contribution in [3.63, 3.8) is 0 Å². The summed E-state index contributed by atoms with van der Waals surface area (Å²) in [4.78, 5) is 24.0. The van der Waals surface area contributed by atoms with Gasteiger partial charge in [-0.2, -0.15) is 0 Å². The lowest BCUT2D eigenvalue weighted by Gasteiger charge is -2.13. The predicted molar refractivity (Wildman–Crippen MR) is 107 cm³/mol. The zero-order chi connectivity index (χ0) is 19.4. The zero-order valence-corrected chi connectivity index (χ0v) is 16.1. The summed E-state index contributed by atoms with van der Waals surface area (Å²) in [5, 5.41) is 17.9. The Balaban J connectivity index is 0.00000280. The second-order valence-electron chi connectivity index (χ2n) is 6.21. The normalized spacial score (nSPS) is 11.8. The van der Waals surface area contributed by atoms with Crippen LogP contribution >= 0.6 is 12.4 Å². The summed E-state index contributed by atoms with van der Waals surface area (Å²) >= 11 is 0. The molecule has 1 atom stereocenters. The van der Waals surface area contributed by atoms with Crippen LogP contribution in [0.15, 0.2) is 34.9 Å². The van der Waals surface area contributed by atoms with E-state index < -0.39 is 17.9 Å². The van der Waals surface area contributed by atoms with Crippen molar-refractivity contribution >= 4 is 46.0 Å². The van der Waals surface area contributed by atoms with Gasteiger partial charge in [-0.3, -0.25) is 4.79 Å². The summed E-state index contributed by atoms with van der Waals surface area (Å²) in [6.07, 6.45) is 1.61. The number of benzene rings is 2. The van der Waals surface area contributed by atoms with E-state index in [1.54, 1.807) is 19.2 Å². The number of amides is 1. The van der Waals surface area contributed by atoms with Crippen molar-refractivity contribution in [1.29, 1.82) is 0 Å². The monoisotopic (exact) mass is 407 g/mol. The highest BCUT2D eigenvalue weighted by atomic mass is 35.5. The second kappa shape index (κ2) is 9.38. The highest BCUT2D eigenvalue weighted by Gasteiger charge is 2.24. The largest absolute Gasteiger partial charge is 0.497 e. The van der Waals surface area contributed by atoms with Gasteiger partial charge in [-0.1, -0.05) is 11.2 Å². The van der Waals surface area contributed by atoms with Crippen LogP contribution in [-0.2, 0) is 4.79 Å². The zero-order valence-electron chi connectivity index (χ0n) is 15.3. The molecule has 0 aliphatic rings. The summed E-state index contributed by atoms with van der Waals surface area (Å²) in [5.41, 5.74) is 5.96. The predicted octanol–water partition coefficient (Wildman–Crippen LogP) is 2.72. The summed E-state index contributed by atoms with van der Waals surface area (Å²) in [6.45, 7) is 0.478. The fourth-order valence-corrected chi connectivity index (χ4v) is 2.97. The highest BCUT2D eigenvalue weighted by Crippen LogP contribution is 2.30. The van der Waals surface area contributed by atoms with Crippen LogP contribution in [0, 0.1) is 0 Å². The van der Waals surface area contributed by atoms with Crippen LogP contribution in [0.4, 0.5) is 0 Å². The summed E-state index contributed by atoms with van der Waals surface area (Å²) in [5.74, 6) is -0.964. The number of carbonyl (C=O) groups excluding carboxylic acids is 1. The van der Waals surface area contributed by atoms with E-state index >= 15 is 0 Å². The number of carboxylic acids is 1. The number of hydrogen-bond acceptors (Lipinski definition) is 6. The smallest absolute Gasteiger partial charge is 0.326 e. The van der Waals surface area contributed by atoms with Crippen LogP contribution in [-0.4, -0.2) is 41.8 Å². The Hall–Kier alpha value is -2.84. The maximum Gasteiger partial charge on any atom is 0.326 e. The Morgan fingerprint density at radius 1 is 1.25 bits per heavy atom. The number of ether oxygens (including phenoxy) is 1. The minimum Gasteiger partial charge on any atom is -0.497 e. The number of carboxylic acid groups (broad SMARTS) is 1. The van der Waals surface area contributed by atoms with E-state index in [9.17, 15) is 14.7 Å². The molecule has 0 bridgehead atoms. The fourth-order valence-electron chi connectivity index (χ4n) is 2.97. The molecule has 1 aromatic heterocycles. The summed E-state index contributed by atoms with van der Waals surface area (Å²) in [7, 11) is 1.59. The average Bonchev–Trinajstić information content (AvgIpc) is 3.11. The minimum atomic E-state index is -1.09. The van der Waals surface area contributed by atoms with Crippen molar-refractivity contribution < 1.29 is 24.0 Å². The molecule has 150 valence electrons. The topological polar surface area (TPSA) is 128 Å². The van der Waals surface area contributed by atoms with Gasteiger partial charge in [0.1, 0.15) is 11.8 Å². The third-order valence-electron chi connectivity index (χ3n) is 4.43. The van der Waals surface area contributed by atoms with E-state index in [-0.39, 0.29) is 18.1 Å². The standard InChI is InChI=1S/C19H21N3O5.ClH/c1-26-12-6-8-13-11(10-12)5-7-14-16(22-27-17(13)14)18(23)21-15(19(24)25)4-2-3-9-20;/h5-8,10,15H,2-4,9,20H2,1H3,(H,21,23)(H,24,25);1H/t15-;/m0./s1. The number of unbranched alkanes of at least 4 members (excludes halogenated alkanes) is 1. The first-order chi connectivity index (χ1) is 13.0. The van der Waals surface area contributed by atoms with Crippen LogP contribution in [0.2, 0.25) is 0 Å². The molecule has 0 saturated carbocycles. The maximum absolute atomic E-state index is 12.6. The summed E-state index contributed by atoms with van der Waals surface area (Å²) in [6, 6.07) is 8.05. The number of nitrogens with two attached hydrogens (primary N) is 1. The molecule has 28 heavy (non-hydrogen) atoms. The number of nitrogens with one attached hydrogen (secondary N) is 1. The number of nitrogens with zero attached hydrogens (tertiary/aromatic N) is 1. The number of rotatable bonds is 8. The van der Waals surface area contributed by atoms with Crippen molar-refractivity contribution in [2.45, 2.75) is 25.3 Å².